The lowest BCUT2D eigenvalue weighted by atomic mass is 10.00. The Hall–Kier alpha value is -1.86. The van der Waals surface area contributed by atoms with E-state index in [9.17, 15) is 9.59 Å². The highest BCUT2D eigenvalue weighted by Crippen LogP contribution is 2.16. The van der Waals surface area contributed by atoms with Crippen molar-refractivity contribution < 1.29 is 19.2 Å². The van der Waals surface area contributed by atoms with Crippen LogP contribution < -0.4 is 15.5 Å². The van der Waals surface area contributed by atoms with Crippen LogP contribution in [0, 0.1) is 0 Å². The third-order valence-corrected chi connectivity index (χ3v) is 4.57. The molecule has 0 radical (unpaired) electrons. The van der Waals surface area contributed by atoms with Crippen LogP contribution in [0.5, 0.6) is 0 Å². The van der Waals surface area contributed by atoms with Crippen LogP contribution in [0.15, 0.2) is 40.0 Å². The molecular formula is C18H25BrN3O3+. The number of nitrogens with one attached hydrogen (secondary N) is 3. The van der Waals surface area contributed by atoms with Gasteiger partial charge in [-0.15, -0.1) is 0 Å². The van der Waals surface area contributed by atoms with Crippen LogP contribution in [0.4, 0.5) is 4.79 Å². The number of carbonyl (C=O) groups excluding carboxylic acids is 2. The number of likely N-dealkylation sites (N-methyl/N-ethyl adjacent to an activating group) is 1. The molecule has 3 N–H and O–H groups in total. The Labute approximate surface area is 156 Å². The van der Waals surface area contributed by atoms with Crippen molar-refractivity contribution in [2.45, 2.75) is 32.9 Å². The van der Waals surface area contributed by atoms with Gasteiger partial charge < -0.3 is 20.3 Å². The van der Waals surface area contributed by atoms with E-state index in [1.54, 1.807) is 6.92 Å². The van der Waals surface area contributed by atoms with Crippen LogP contribution in [0.2, 0.25) is 0 Å². The predicted molar refractivity (Wildman–Crippen MR) is 99.0 cm³/mol. The fourth-order valence-corrected chi connectivity index (χ4v) is 3.18. The Kier molecular flexibility index (Phi) is 7.01. The van der Waals surface area contributed by atoms with Gasteiger partial charge in [-0.3, -0.25) is 0 Å². The van der Waals surface area contributed by atoms with Crippen molar-refractivity contribution in [1.82, 2.24) is 10.6 Å². The number of carbonyl (C=O) groups is 2. The smallest absolute Gasteiger partial charge is 0.338 e. The van der Waals surface area contributed by atoms with Crippen molar-refractivity contribution >= 4 is 27.9 Å². The van der Waals surface area contributed by atoms with Crippen molar-refractivity contribution in [3.63, 3.8) is 0 Å². The van der Waals surface area contributed by atoms with Gasteiger partial charge in [-0.1, -0.05) is 35.0 Å². The molecule has 0 saturated carbocycles. The van der Waals surface area contributed by atoms with Gasteiger partial charge in [-0.05, 0) is 25.5 Å². The SMILES string of the molecule is CCOC(=O)C1=C(C[NH+](C)Cc2ccc(Br)cc2)NC(=O)N[C@@H]1CC. The minimum absolute atomic E-state index is 0.272. The van der Waals surface area contributed by atoms with Gasteiger partial charge in [-0.2, -0.15) is 0 Å². The van der Waals surface area contributed by atoms with Crippen LogP contribution in [0.25, 0.3) is 0 Å². The summed E-state index contributed by atoms with van der Waals surface area (Å²) in [5, 5.41) is 5.59. The van der Waals surface area contributed by atoms with Gasteiger partial charge in [0.15, 0.2) is 0 Å². The third kappa shape index (κ3) is 5.31. The summed E-state index contributed by atoms with van der Waals surface area (Å²) >= 11 is 3.43. The zero-order valence-corrected chi connectivity index (χ0v) is 16.4. The summed E-state index contributed by atoms with van der Waals surface area (Å²) in [5.41, 5.74) is 2.36. The molecule has 0 spiro atoms. The van der Waals surface area contributed by atoms with E-state index in [0.717, 1.165) is 15.9 Å². The minimum atomic E-state index is -0.367. The lowest BCUT2D eigenvalue weighted by Crippen LogP contribution is -3.08. The summed E-state index contributed by atoms with van der Waals surface area (Å²) in [6.45, 7) is 5.34. The van der Waals surface area contributed by atoms with Crippen LogP contribution in [-0.2, 0) is 16.1 Å². The molecule has 1 aliphatic heterocycles. The molecule has 2 rings (SSSR count). The van der Waals surface area contributed by atoms with E-state index in [1.165, 1.54) is 5.56 Å². The number of amides is 2. The summed E-state index contributed by atoms with van der Waals surface area (Å²) in [4.78, 5) is 25.5. The highest BCUT2D eigenvalue weighted by atomic mass is 79.9. The largest absolute Gasteiger partial charge is 0.463 e. The average molecular weight is 411 g/mol. The molecule has 1 aliphatic rings. The second kappa shape index (κ2) is 9.01. The molecule has 0 aliphatic carbocycles. The lowest BCUT2D eigenvalue weighted by molar-refractivity contribution is -0.889. The van der Waals surface area contributed by atoms with Gasteiger partial charge >= 0.3 is 12.0 Å². The monoisotopic (exact) mass is 410 g/mol. The van der Waals surface area contributed by atoms with Crippen LogP contribution in [-0.4, -0.2) is 38.2 Å². The summed E-state index contributed by atoms with van der Waals surface area (Å²) in [6, 6.07) is 7.54. The van der Waals surface area contributed by atoms with Gasteiger partial charge in [0.25, 0.3) is 0 Å². The molecular weight excluding hydrogens is 386 g/mol. The molecule has 2 amide bonds. The summed E-state index contributed by atoms with van der Waals surface area (Å²) in [5.74, 6) is -0.367. The molecule has 0 bridgehead atoms. The van der Waals surface area contributed by atoms with Gasteiger partial charge in [0, 0.05) is 10.0 Å². The number of hydrogen-bond donors (Lipinski definition) is 3. The Balaban J connectivity index is 2.19. The number of halogens is 1. The molecule has 7 heteroatoms. The molecule has 6 nitrogen and oxygen atoms in total. The molecule has 25 heavy (non-hydrogen) atoms. The van der Waals surface area contributed by atoms with E-state index >= 15 is 0 Å². The molecule has 136 valence electrons. The maximum atomic E-state index is 12.4. The van der Waals surface area contributed by atoms with E-state index in [2.05, 4.69) is 38.7 Å². The number of esters is 1. The highest BCUT2D eigenvalue weighted by Gasteiger charge is 2.32. The molecule has 1 aromatic carbocycles. The second-order valence-electron chi connectivity index (χ2n) is 6.11. The first-order valence-corrected chi connectivity index (χ1v) is 9.27. The fourth-order valence-electron chi connectivity index (χ4n) is 2.92. The van der Waals surface area contributed by atoms with Gasteiger partial charge in [-0.25, -0.2) is 9.59 Å². The van der Waals surface area contributed by atoms with Crippen LogP contribution in [0.3, 0.4) is 0 Å². The van der Waals surface area contributed by atoms with Crippen molar-refractivity contribution in [2.24, 2.45) is 0 Å². The number of hydrogen-bond acceptors (Lipinski definition) is 3. The first-order valence-electron chi connectivity index (χ1n) is 8.48. The normalized spacial score (nSPS) is 18.4. The standard InChI is InChI=1S/C18H24BrN3O3/c1-4-14-16(17(23)25-5-2)15(21-18(24)20-14)11-22(3)10-12-6-8-13(19)9-7-12/h6-9,14H,4-5,10-11H2,1-3H3,(H2,20,21,24)/p+1/t14-/m1/s1. The fraction of sp³-hybridized carbons (Fsp3) is 0.444. The molecule has 1 unspecified atom stereocenters. The second-order valence-corrected chi connectivity index (χ2v) is 7.02. The van der Waals surface area contributed by atoms with E-state index in [1.807, 2.05) is 26.1 Å². The highest BCUT2D eigenvalue weighted by molar-refractivity contribution is 9.10. The topological polar surface area (TPSA) is 71.9 Å². The van der Waals surface area contributed by atoms with Crippen molar-refractivity contribution in [3.05, 3.63) is 45.6 Å². The Morgan fingerprint density at radius 1 is 1.24 bits per heavy atom. The molecule has 0 aromatic heterocycles. The Morgan fingerprint density at radius 3 is 2.52 bits per heavy atom. The predicted octanol–water partition coefficient (Wildman–Crippen LogP) is 1.37. The number of ether oxygens (including phenoxy) is 1. The molecule has 1 heterocycles. The maximum absolute atomic E-state index is 12.4. The summed E-state index contributed by atoms with van der Waals surface area (Å²) < 4.78 is 6.23. The van der Waals surface area contributed by atoms with Gasteiger partial charge in [0.1, 0.15) is 13.1 Å². The van der Waals surface area contributed by atoms with E-state index in [-0.39, 0.29) is 18.0 Å². The number of benzene rings is 1. The van der Waals surface area contributed by atoms with Crippen molar-refractivity contribution in [3.8, 4) is 0 Å². The average Bonchev–Trinajstić information content (AvgIpc) is 2.56. The van der Waals surface area contributed by atoms with Gasteiger partial charge in [0.2, 0.25) is 0 Å². The molecule has 1 aromatic rings. The zero-order valence-electron chi connectivity index (χ0n) is 14.8. The number of rotatable bonds is 7. The number of quaternary nitrogens is 1. The quantitative estimate of drug-likeness (QED) is 0.594. The lowest BCUT2D eigenvalue weighted by Gasteiger charge is -2.29. The van der Waals surface area contributed by atoms with Crippen LogP contribution >= 0.6 is 15.9 Å². The zero-order chi connectivity index (χ0) is 18.4. The van der Waals surface area contributed by atoms with E-state index in [4.69, 9.17) is 4.74 Å². The van der Waals surface area contributed by atoms with Crippen LogP contribution in [0.1, 0.15) is 25.8 Å². The first kappa shape index (κ1) is 19.5. The van der Waals surface area contributed by atoms with Crippen molar-refractivity contribution in [1.29, 1.82) is 0 Å². The van der Waals surface area contributed by atoms with E-state index < -0.39 is 0 Å². The van der Waals surface area contributed by atoms with E-state index in [0.29, 0.717) is 30.8 Å². The van der Waals surface area contributed by atoms with Crippen molar-refractivity contribution in [2.75, 3.05) is 20.2 Å². The maximum Gasteiger partial charge on any atom is 0.338 e. The summed E-state index contributed by atoms with van der Waals surface area (Å²) in [6.07, 6.45) is 0.636. The minimum Gasteiger partial charge on any atom is -0.463 e. The Morgan fingerprint density at radius 2 is 1.92 bits per heavy atom. The molecule has 0 fully saturated rings. The molecule has 0 saturated heterocycles. The Bertz CT molecular complexity index is 658. The van der Waals surface area contributed by atoms with Gasteiger partial charge in [0.05, 0.1) is 31.0 Å². The number of urea groups is 1. The molecule has 2 atom stereocenters. The first-order chi connectivity index (χ1) is 11.9. The summed E-state index contributed by atoms with van der Waals surface area (Å²) in [7, 11) is 2.03. The third-order valence-electron chi connectivity index (χ3n) is 4.04.